The minimum Gasteiger partial charge on any atom is -0.339 e. The molecule has 0 aromatic rings. The molecule has 70 valence electrons. The number of ether oxygens (including phenoxy) is 1. The molecule has 7 heteroatoms. The first-order valence-electron chi connectivity index (χ1n) is 2.93. The van der Waals surface area contributed by atoms with Crippen molar-refractivity contribution < 1.29 is 22.4 Å². The molecule has 1 atom stereocenters. The van der Waals surface area contributed by atoms with E-state index in [1.807, 2.05) is 0 Å². The molecule has 0 rings (SSSR count). The van der Waals surface area contributed by atoms with Gasteiger partial charge in [0.15, 0.2) is 0 Å². The van der Waals surface area contributed by atoms with Crippen molar-refractivity contribution in [1.29, 1.82) is 5.26 Å². The summed E-state index contributed by atoms with van der Waals surface area (Å²) in [6.45, 7) is 0.791. The summed E-state index contributed by atoms with van der Waals surface area (Å²) in [5, 5.41) is 8.05. The largest absolute Gasteiger partial charge is 0.448 e. The molecule has 0 aliphatic rings. The Balaban J connectivity index is 4.73. The van der Waals surface area contributed by atoms with Crippen LogP contribution in [0, 0.1) is 11.3 Å². The Hall–Kier alpha value is -0.870. The molecule has 0 aromatic carbocycles. The number of alkyl halides is 3. The Morgan fingerprint density at radius 2 is 2.00 bits per heavy atom. The minimum absolute atomic E-state index is 0.298. The fraction of sp³-hybridized carbons (Fsp3) is 0.800. The average molecular weight is 186 g/mol. The van der Waals surface area contributed by atoms with Gasteiger partial charge in [-0.15, -0.1) is 10.0 Å². The Bertz CT molecular complexity index is 187. The maximum Gasteiger partial charge on any atom is 0.448 e. The molecule has 1 N–H and O–H groups in total. The molecule has 0 aliphatic carbocycles. The minimum atomic E-state index is -5.10. The predicted octanol–water partition coefficient (Wildman–Crippen LogP) is 1.28. The first-order chi connectivity index (χ1) is 5.43. The molecule has 0 amide bonds. The van der Waals surface area contributed by atoms with Crippen LogP contribution in [0.4, 0.5) is 17.7 Å². The Morgan fingerprint density at radius 1 is 1.50 bits per heavy atom. The molecule has 0 aromatic heterocycles. The quantitative estimate of drug-likeness (QED) is 0.410. The van der Waals surface area contributed by atoms with Crippen LogP contribution in [0.25, 0.3) is 0 Å². The highest BCUT2D eigenvalue weighted by atomic mass is 19.4. The summed E-state index contributed by atoms with van der Waals surface area (Å²) in [5.41, 5.74) is -3.24. The van der Waals surface area contributed by atoms with Gasteiger partial charge >= 0.3 is 11.9 Å². The van der Waals surface area contributed by atoms with Crippen LogP contribution >= 0.6 is 0 Å². The van der Waals surface area contributed by atoms with Gasteiger partial charge in [-0.2, -0.15) is 18.4 Å². The summed E-state index contributed by atoms with van der Waals surface area (Å²) in [6.07, 6.45) is -5.10. The van der Waals surface area contributed by atoms with E-state index < -0.39 is 18.5 Å². The van der Waals surface area contributed by atoms with Gasteiger partial charge < -0.3 is 4.74 Å². The first-order valence-corrected chi connectivity index (χ1v) is 2.93. The third-order valence-electron chi connectivity index (χ3n) is 1.05. The molecular weight excluding hydrogens is 180 g/mol. The average Bonchev–Trinajstić information content (AvgIpc) is 1.98. The van der Waals surface area contributed by atoms with Gasteiger partial charge in [-0.25, -0.2) is 0 Å². The van der Waals surface area contributed by atoms with E-state index in [0.29, 0.717) is 11.6 Å². The molecule has 0 aliphatic heterocycles. The molecule has 0 bridgehead atoms. The molecule has 0 radical (unpaired) electrons. The van der Waals surface area contributed by atoms with Crippen molar-refractivity contribution in [3.8, 4) is 6.07 Å². The summed E-state index contributed by atoms with van der Waals surface area (Å²) in [4.78, 5) is 0. The summed E-state index contributed by atoms with van der Waals surface area (Å²) in [7, 11) is 0. The van der Waals surface area contributed by atoms with Crippen LogP contribution in [0.5, 0.6) is 0 Å². The lowest BCUT2D eigenvalue weighted by molar-refractivity contribution is -0.279. The van der Waals surface area contributed by atoms with Crippen molar-refractivity contribution in [2.75, 3.05) is 6.61 Å². The van der Waals surface area contributed by atoms with Crippen molar-refractivity contribution in [3.05, 3.63) is 0 Å². The van der Waals surface area contributed by atoms with Crippen LogP contribution in [0.3, 0.4) is 0 Å². The van der Waals surface area contributed by atoms with E-state index >= 15 is 0 Å². The molecule has 3 nitrogen and oxygen atoms in total. The Labute approximate surface area is 65.9 Å². The molecule has 0 fully saturated rings. The molecule has 12 heavy (non-hydrogen) atoms. The molecule has 0 saturated carbocycles. The fourth-order valence-corrected chi connectivity index (χ4v) is 0.496. The van der Waals surface area contributed by atoms with Crippen LogP contribution in [0.1, 0.15) is 6.92 Å². The fourth-order valence-electron chi connectivity index (χ4n) is 0.496. The summed E-state index contributed by atoms with van der Waals surface area (Å²) in [6, 6.07) is 0.673. The Morgan fingerprint density at radius 3 is 2.08 bits per heavy atom. The number of rotatable bonds is 3. The van der Waals surface area contributed by atoms with Crippen LogP contribution < -0.4 is 5.54 Å². The summed E-state index contributed by atoms with van der Waals surface area (Å²) >= 11 is 0. The SMILES string of the molecule is CCOC(C#N)(NF)C(F)(F)F. The van der Waals surface area contributed by atoms with Crippen LogP contribution in [0.2, 0.25) is 0 Å². The number of nitrogens with one attached hydrogen (secondary N) is 1. The van der Waals surface area contributed by atoms with Gasteiger partial charge in [0.05, 0.1) is 0 Å². The second-order valence-electron chi connectivity index (χ2n) is 1.82. The van der Waals surface area contributed by atoms with Crippen molar-refractivity contribution >= 4 is 0 Å². The van der Waals surface area contributed by atoms with Crippen molar-refractivity contribution in [2.24, 2.45) is 0 Å². The second kappa shape index (κ2) is 3.69. The van der Waals surface area contributed by atoms with Crippen molar-refractivity contribution in [1.82, 2.24) is 5.54 Å². The zero-order chi connectivity index (χ0) is 9.83. The van der Waals surface area contributed by atoms with Gasteiger partial charge in [0.1, 0.15) is 6.07 Å². The Kier molecular flexibility index (Phi) is 3.42. The van der Waals surface area contributed by atoms with Crippen LogP contribution in [0.15, 0.2) is 0 Å². The van der Waals surface area contributed by atoms with Gasteiger partial charge in [0.2, 0.25) is 0 Å². The summed E-state index contributed by atoms with van der Waals surface area (Å²) < 4.78 is 51.3. The van der Waals surface area contributed by atoms with Gasteiger partial charge in [-0.1, -0.05) is 0 Å². The number of hydrogen-bond donors (Lipinski definition) is 1. The normalized spacial score (nSPS) is 16.7. The predicted molar refractivity (Wildman–Crippen MR) is 30.3 cm³/mol. The molecule has 0 saturated heterocycles. The number of nitriles is 1. The molecule has 0 heterocycles. The van der Waals surface area contributed by atoms with Gasteiger partial charge in [-0.3, -0.25) is 0 Å². The van der Waals surface area contributed by atoms with Gasteiger partial charge in [0.25, 0.3) is 0 Å². The highest BCUT2D eigenvalue weighted by Crippen LogP contribution is 2.30. The summed E-state index contributed by atoms with van der Waals surface area (Å²) in [5.74, 6) is 0. The van der Waals surface area contributed by atoms with Gasteiger partial charge in [0, 0.05) is 6.61 Å². The zero-order valence-electron chi connectivity index (χ0n) is 6.07. The van der Waals surface area contributed by atoms with Crippen LogP contribution in [-0.2, 0) is 4.74 Å². The molecule has 0 spiro atoms. The third-order valence-corrected chi connectivity index (χ3v) is 1.05. The maximum atomic E-state index is 11.9. The van der Waals surface area contributed by atoms with E-state index in [1.165, 1.54) is 6.92 Å². The van der Waals surface area contributed by atoms with Crippen molar-refractivity contribution in [2.45, 2.75) is 18.8 Å². The van der Waals surface area contributed by atoms with Crippen LogP contribution in [-0.4, -0.2) is 18.5 Å². The third kappa shape index (κ3) is 1.84. The van der Waals surface area contributed by atoms with E-state index in [-0.39, 0.29) is 0 Å². The standard InChI is InChI=1S/C5H6F4N2O/c1-2-12-4(3-10,11-9)5(6,7)8/h11H,2H2,1H3. The van der Waals surface area contributed by atoms with E-state index in [1.54, 1.807) is 0 Å². The van der Waals surface area contributed by atoms with Crippen molar-refractivity contribution in [3.63, 3.8) is 0 Å². The lowest BCUT2D eigenvalue weighted by atomic mass is 10.2. The molecular formula is C5H6F4N2O. The highest BCUT2D eigenvalue weighted by Gasteiger charge is 2.58. The lowest BCUT2D eigenvalue weighted by Gasteiger charge is -2.25. The van der Waals surface area contributed by atoms with E-state index in [0.717, 1.165) is 0 Å². The number of halogens is 4. The monoisotopic (exact) mass is 186 g/mol. The van der Waals surface area contributed by atoms with Gasteiger partial charge in [-0.05, 0) is 6.92 Å². The zero-order valence-corrected chi connectivity index (χ0v) is 6.07. The second-order valence-corrected chi connectivity index (χ2v) is 1.82. The number of hydrogen-bond acceptors (Lipinski definition) is 3. The first kappa shape index (κ1) is 11.1. The maximum absolute atomic E-state index is 11.9. The molecule has 1 unspecified atom stereocenters. The van der Waals surface area contributed by atoms with E-state index in [9.17, 15) is 17.7 Å². The van der Waals surface area contributed by atoms with E-state index in [4.69, 9.17) is 5.26 Å². The topological polar surface area (TPSA) is 45.0 Å². The van der Waals surface area contributed by atoms with E-state index in [2.05, 4.69) is 4.74 Å². The number of nitrogens with zero attached hydrogens (tertiary/aromatic N) is 1. The lowest BCUT2D eigenvalue weighted by Crippen LogP contribution is -2.54. The smallest absolute Gasteiger partial charge is 0.339 e. The highest BCUT2D eigenvalue weighted by molar-refractivity contribution is 5.03.